The van der Waals surface area contributed by atoms with Gasteiger partial charge in [-0.25, -0.2) is 0 Å². The van der Waals surface area contributed by atoms with Gasteiger partial charge in [-0.05, 0) is 42.8 Å². The molecule has 4 rings (SSSR count). The quantitative estimate of drug-likeness (QED) is 0.802. The molecule has 0 radical (unpaired) electrons. The Morgan fingerprint density at radius 2 is 1.69 bits per heavy atom. The fourth-order valence-corrected chi connectivity index (χ4v) is 4.13. The van der Waals surface area contributed by atoms with E-state index in [1.165, 1.54) is 4.90 Å². The molecule has 8 heteroatoms. The topological polar surface area (TPSA) is 96.8 Å². The van der Waals surface area contributed by atoms with Gasteiger partial charge in [-0.2, -0.15) is 5.26 Å². The average molecular weight is 431 g/mol. The first-order valence-corrected chi connectivity index (χ1v) is 10.8. The van der Waals surface area contributed by atoms with E-state index in [4.69, 9.17) is 5.26 Å². The third-order valence-electron chi connectivity index (χ3n) is 5.83. The van der Waals surface area contributed by atoms with Crippen molar-refractivity contribution in [2.45, 2.75) is 19.3 Å². The summed E-state index contributed by atoms with van der Waals surface area (Å²) in [6.45, 7) is 2.73. The SMILES string of the molecule is N#Cc1ccc(N2CCCN(C(=O)CCC(=O)N3CC(=O)Nc4ccccc43)CC2)cc1. The summed E-state index contributed by atoms with van der Waals surface area (Å²) in [5, 5.41) is 11.7. The van der Waals surface area contributed by atoms with Crippen LogP contribution in [-0.2, 0) is 14.4 Å². The summed E-state index contributed by atoms with van der Waals surface area (Å²) in [6, 6.07) is 16.8. The van der Waals surface area contributed by atoms with Crippen LogP contribution in [0.1, 0.15) is 24.8 Å². The Labute approximate surface area is 187 Å². The van der Waals surface area contributed by atoms with E-state index in [1.54, 1.807) is 30.3 Å². The largest absolute Gasteiger partial charge is 0.370 e. The molecule has 1 saturated heterocycles. The number of carbonyl (C=O) groups is 3. The molecule has 2 aliphatic heterocycles. The molecular formula is C24H25N5O3. The van der Waals surface area contributed by atoms with Crippen molar-refractivity contribution in [1.29, 1.82) is 5.26 Å². The Bertz CT molecular complexity index is 1060. The fourth-order valence-electron chi connectivity index (χ4n) is 4.13. The second-order valence-electron chi connectivity index (χ2n) is 7.93. The first-order chi connectivity index (χ1) is 15.5. The lowest BCUT2D eigenvalue weighted by molar-refractivity contribution is -0.133. The van der Waals surface area contributed by atoms with Gasteiger partial charge in [0, 0.05) is 44.7 Å². The number of nitrogens with one attached hydrogen (secondary N) is 1. The predicted octanol–water partition coefficient (Wildman–Crippen LogP) is 2.36. The van der Waals surface area contributed by atoms with E-state index in [0.717, 1.165) is 18.7 Å². The van der Waals surface area contributed by atoms with Gasteiger partial charge in [-0.3, -0.25) is 14.4 Å². The molecule has 0 unspecified atom stereocenters. The molecule has 2 aliphatic rings. The highest BCUT2D eigenvalue weighted by molar-refractivity contribution is 6.10. The highest BCUT2D eigenvalue weighted by atomic mass is 16.2. The van der Waals surface area contributed by atoms with Gasteiger partial charge in [-0.1, -0.05) is 12.1 Å². The Kier molecular flexibility index (Phi) is 6.36. The zero-order valence-electron chi connectivity index (χ0n) is 17.8. The highest BCUT2D eigenvalue weighted by Gasteiger charge is 2.27. The fraction of sp³-hybridized carbons (Fsp3) is 0.333. The maximum Gasteiger partial charge on any atom is 0.244 e. The average Bonchev–Trinajstić information content (AvgIpc) is 3.08. The van der Waals surface area contributed by atoms with Crippen molar-refractivity contribution < 1.29 is 14.4 Å². The molecule has 2 heterocycles. The number of nitrogens with zero attached hydrogens (tertiary/aromatic N) is 4. The summed E-state index contributed by atoms with van der Waals surface area (Å²) in [6.07, 6.45) is 1.02. The van der Waals surface area contributed by atoms with Crippen LogP contribution < -0.4 is 15.1 Å². The molecule has 164 valence electrons. The van der Waals surface area contributed by atoms with Gasteiger partial charge in [0.2, 0.25) is 17.7 Å². The van der Waals surface area contributed by atoms with E-state index in [2.05, 4.69) is 16.3 Å². The van der Waals surface area contributed by atoms with E-state index in [-0.39, 0.29) is 37.1 Å². The van der Waals surface area contributed by atoms with Crippen LogP contribution in [0, 0.1) is 11.3 Å². The molecule has 32 heavy (non-hydrogen) atoms. The van der Waals surface area contributed by atoms with Crippen LogP contribution in [0.4, 0.5) is 17.1 Å². The molecule has 0 aliphatic carbocycles. The number of amides is 3. The van der Waals surface area contributed by atoms with Gasteiger partial charge in [0.1, 0.15) is 6.54 Å². The summed E-state index contributed by atoms with van der Waals surface area (Å²) < 4.78 is 0. The first-order valence-electron chi connectivity index (χ1n) is 10.8. The van der Waals surface area contributed by atoms with Gasteiger partial charge in [0.25, 0.3) is 0 Å². The van der Waals surface area contributed by atoms with Gasteiger partial charge < -0.3 is 20.0 Å². The molecule has 0 bridgehead atoms. The van der Waals surface area contributed by atoms with Crippen molar-refractivity contribution in [1.82, 2.24) is 4.90 Å². The van der Waals surface area contributed by atoms with E-state index in [1.807, 2.05) is 23.1 Å². The van der Waals surface area contributed by atoms with Crippen LogP contribution in [0.3, 0.4) is 0 Å². The summed E-state index contributed by atoms with van der Waals surface area (Å²) in [7, 11) is 0. The lowest BCUT2D eigenvalue weighted by atomic mass is 10.1. The molecular weight excluding hydrogens is 406 g/mol. The van der Waals surface area contributed by atoms with E-state index < -0.39 is 0 Å². The van der Waals surface area contributed by atoms with Crippen LogP contribution in [0.2, 0.25) is 0 Å². The minimum absolute atomic E-state index is 0.0344. The molecule has 8 nitrogen and oxygen atoms in total. The van der Waals surface area contributed by atoms with E-state index in [9.17, 15) is 14.4 Å². The monoisotopic (exact) mass is 431 g/mol. The Hall–Kier alpha value is -3.86. The van der Waals surface area contributed by atoms with Crippen LogP contribution in [-0.4, -0.2) is 55.3 Å². The second-order valence-corrected chi connectivity index (χ2v) is 7.93. The summed E-state index contributed by atoms with van der Waals surface area (Å²) in [4.78, 5) is 43.0. The number of para-hydroxylation sites is 2. The molecule has 2 aromatic rings. The molecule has 1 fully saturated rings. The lowest BCUT2D eigenvalue weighted by Crippen LogP contribution is -2.42. The van der Waals surface area contributed by atoms with Crippen molar-refractivity contribution in [2.75, 3.05) is 47.8 Å². The van der Waals surface area contributed by atoms with Crippen LogP contribution >= 0.6 is 0 Å². The standard InChI is InChI=1S/C24H25N5O3/c25-16-18-6-8-19(9-7-18)27-12-3-13-28(15-14-27)23(31)10-11-24(32)29-17-22(30)26-20-4-1-2-5-21(20)29/h1-2,4-9H,3,10-15,17H2,(H,26,30). The summed E-state index contributed by atoms with van der Waals surface area (Å²) in [5.41, 5.74) is 2.94. The van der Waals surface area contributed by atoms with Crippen molar-refractivity contribution in [3.63, 3.8) is 0 Å². The Morgan fingerprint density at radius 1 is 0.938 bits per heavy atom. The van der Waals surface area contributed by atoms with E-state index >= 15 is 0 Å². The number of hydrogen-bond donors (Lipinski definition) is 1. The number of fused-ring (bicyclic) bond motifs is 1. The third kappa shape index (κ3) is 4.72. The Morgan fingerprint density at radius 3 is 2.47 bits per heavy atom. The van der Waals surface area contributed by atoms with E-state index in [0.29, 0.717) is 36.6 Å². The third-order valence-corrected chi connectivity index (χ3v) is 5.83. The number of rotatable bonds is 4. The Balaban J connectivity index is 1.32. The number of benzene rings is 2. The van der Waals surface area contributed by atoms with Crippen LogP contribution in [0.15, 0.2) is 48.5 Å². The molecule has 0 atom stereocenters. The summed E-state index contributed by atoms with van der Waals surface area (Å²) >= 11 is 0. The number of anilines is 3. The number of nitriles is 1. The smallest absolute Gasteiger partial charge is 0.244 e. The van der Waals surface area contributed by atoms with Crippen molar-refractivity contribution in [3.8, 4) is 6.07 Å². The molecule has 0 aromatic heterocycles. The highest BCUT2D eigenvalue weighted by Crippen LogP contribution is 2.29. The van der Waals surface area contributed by atoms with Gasteiger partial charge in [0.15, 0.2) is 0 Å². The zero-order chi connectivity index (χ0) is 22.5. The maximum absolute atomic E-state index is 12.8. The van der Waals surface area contributed by atoms with Gasteiger partial charge >= 0.3 is 0 Å². The summed E-state index contributed by atoms with van der Waals surface area (Å²) in [5.74, 6) is -0.511. The number of hydrogen-bond acceptors (Lipinski definition) is 5. The first kappa shape index (κ1) is 21.4. The predicted molar refractivity (Wildman–Crippen MR) is 121 cm³/mol. The normalized spacial score (nSPS) is 16.0. The molecule has 0 spiro atoms. The number of carbonyl (C=O) groups excluding carboxylic acids is 3. The second kappa shape index (κ2) is 9.52. The maximum atomic E-state index is 12.8. The minimum Gasteiger partial charge on any atom is -0.370 e. The van der Waals surface area contributed by atoms with Crippen molar-refractivity contribution in [3.05, 3.63) is 54.1 Å². The molecule has 0 saturated carbocycles. The van der Waals surface area contributed by atoms with Gasteiger partial charge in [-0.15, -0.1) is 0 Å². The van der Waals surface area contributed by atoms with Crippen molar-refractivity contribution in [2.24, 2.45) is 0 Å². The minimum atomic E-state index is -0.237. The zero-order valence-corrected chi connectivity index (χ0v) is 17.8. The van der Waals surface area contributed by atoms with Crippen molar-refractivity contribution >= 4 is 34.8 Å². The molecule has 1 N–H and O–H groups in total. The molecule has 2 aromatic carbocycles. The van der Waals surface area contributed by atoms with Crippen LogP contribution in [0.25, 0.3) is 0 Å². The van der Waals surface area contributed by atoms with Crippen LogP contribution in [0.5, 0.6) is 0 Å². The van der Waals surface area contributed by atoms with Gasteiger partial charge in [0.05, 0.1) is 23.0 Å². The molecule has 3 amide bonds. The lowest BCUT2D eigenvalue weighted by Gasteiger charge is -2.29.